The number of hydrogen-bond acceptors (Lipinski definition) is 2. The van der Waals surface area contributed by atoms with Crippen LogP contribution in [0.1, 0.15) is 22.8 Å². The molecule has 0 aromatic heterocycles. The molecule has 5 heteroatoms. The largest absolute Gasteiger partial charge is 0.391 e. The molecule has 0 aliphatic carbocycles. The van der Waals surface area contributed by atoms with E-state index in [4.69, 9.17) is 0 Å². The van der Waals surface area contributed by atoms with Gasteiger partial charge in [-0.1, -0.05) is 30.3 Å². The monoisotopic (exact) mass is 365 g/mol. The van der Waals surface area contributed by atoms with E-state index in [-0.39, 0.29) is 5.56 Å². The lowest BCUT2D eigenvalue weighted by Crippen LogP contribution is -2.42. The number of hydrogen-bond donors (Lipinski definition) is 2. The second-order valence-corrected chi connectivity index (χ2v) is 6.00. The van der Waals surface area contributed by atoms with Crippen LogP contribution in [0.25, 0.3) is 0 Å². The SMILES string of the molecule is C[C@H](NC(=O)c1cc(F)ccc1Br)[C@@H](O)Cc1ccccc1. The molecule has 0 spiro atoms. The number of halogens is 2. The van der Waals surface area contributed by atoms with Crippen molar-refractivity contribution in [1.29, 1.82) is 0 Å². The summed E-state index contributed by atoms with van der Waals surface area (Å²) in [5, 5.41) is 12.9. The van der Waals surface area contributed by atoms with Crippen molar-refractivity contribution < 1.29 is 14.3 Å². The highest BCUT2D eigenvalue weighted by Crippen LogP contribution is 2.18. The quantitative estimate of drug-likeness (QED) is 0.853. The van der Waals surface area contributed by atoms with Crippen LogP contribution in [0.2, 0.25) is 0 Å². The third kappa shape index (κ3) is 4.39. The summed E-state index contributed by atoms with van der Waals surface area (Å²) >= 11 is 3.22. The highest BCUT2D eigenvalue weighted by Gasteiger charge is 2.19. The highest BCUT2D eigenvalue weighted by molar-refractivity contribution is 9.10. The van der Waals surface area contributed by atoms with E-state index in [9.17, 15) is 14.3 Å². The van der Waals surface area contributed by atoms with E-state index < -0.39 is 23.9 Å². The summed E-state index contributed by atoms with van der Waals surface area (Å²) in [5.74, 6) is -0.906. The van der Waals surface area contributed by atoms with Crippen molar-refractivity contribution in [3.8, 4) is 0 Å². The first-order valence-electron chi connectivity index (χ1n) is 6.95. The molecular weight excluding hydrogens is 349 g/mol. The van der Waals surface area contributed by atoms with Crippen molar-refractivity contribution in [3.63, 3.8) is 0 Å². The molecule has 0 aliphatic heterocycles. The first-order chi connectivity index (χ1) is 10.5. The van der Waals surface area contributed by atoms with Gasteiger partial charge in [-0.05, 0) is 46.6 Å². The van der Waals surface area contributed by atoms with Gasteiger partial charge in [-0.3, -0.25) is 4.79 Å². The first kappa shape index (κ1) is 16.6. The smallest absolute Gasteiger partial charge is 0.252 e. The molecule has 1 amide bonds. The Morgan fingerprint density at radius 1 is 1.27 bits per heavy atom. The lowest BCUT2D eigenvalue weighted by Gasteiger charge is -2.20. The zero-order chi connectivity index (χ0) is 16.1. The molecule has 0 unspecified atom stereocenters. The summed E-state index contributed by atoms with van der Waals surface area (Å²) in [6, 6.07) is 13.0. The Balaban J connectivity index is 2.00. The summed E-state index contributed by atoms with van der Waals surface area (Å²) in [5.41, 5.74) is 1.20. The van der Waals surface area contributed by atoms with E-state index >= 15 is 0 Å². The zero-order valence-corrected chi connectivity index (χ0v) is 13.7. The van der Waals surface area contributed by atoms with Crippen LogP contribution in [0.4, 0.5) is 4.39 Å². The third-order valence-electron chi connectivity index (χ3n) is 3.40. The normalized spacial score (nSPS) is 13.5. The van der Waals surface area contributed by atoms with Crippen molar-refractivity contribution in [2.75, 3.05) is 0 Å². The Labute approximate surface area is 137 Å². The van der Waals surface area contributed by atoms with Gasteiger partial charge in [0.05, 0.1) is 17.7 Å². The van der Waals surface area contributed by atoms with Gasteiger partial charge in [-0.25, -0.2) is 4.39 Å². The van der Waals surface area contributed by atoms with E-state index in [1.165, 1.54) is 12.1 Å². The summed E-state index contributed by atoms with van der Waals surface area (Å²) in [7, 11) is 0. The van der Waals surface area contributed by atoms with E-state index in [0.29, 0.717) is 10.9 Å². The van der Waals surface area contributed by atoms with Crippen molar-refractivity contribution in [3.05, 3.63) is 69.9 Å². The fourth-order valence-electron chi connectivity index (χ4n) is 2.08. The van der Waals surface area contributed by atoms with E-state index in [2.05, 4.69) is 21.2 Å². The fourth-order valence-corrected chi connectivity index (χ4v) is 2.51. The van der Waals surface area contributed by atoms with Crippen molar-refractivity contribution in [2.45, 2.75) is 25.5 Å². The number of aliphatic hydroxyl groups is 1. The molecule has 22 heavy (non-hydrogen) atoms. The molecular formula is C17H17BrFNO2. The van der Waals surface area contributed by atoms with Crippen LogP contribution in [0, 0.1) is 5.82 Å². The van der Waals surface area contributed by atoms with Crippen LogP contribution >= 0.6 is 15.9 Å². The second kappa shape index (κ2) is 7.51. The van der Waals surface area contributed by atoms with Crippen molar-refractivity contribution >= 4 is 21.8 Å². The lowest BCUT2D eigenvalue weighted by molar-refractivity contribution is 0.0850. The maximum Gasteiger partial charge on any atom is 0.252 e. The van der Waals surface area contributed by atoms with Gasteiger partial charge in [-0.2, -0.15) is 0 Å². The molecule has 116 valence electrons. The maximum absolute atomic E-state index is 13.2. The molecule has 2 rings (SSSR count). The topological polar surface area (TPSA) is 49.3 Å². The number of aliphatic hydroxyl groups excluding tert-OH is 1. The number of benzene rings is 2. The van der Waals surface area contributed by atoms with Crippen LogP contribution in [-0.4, -0.2) is 23.2 Å². The van der Waals surface area contributed by atoms with Crippen LogP contribution in [0.15, 0.2) is 53.0 Å². The Bertz CT molecular complexity index is 648. The number of rotatable bonds is 5. The minimum atomic E-state index is -0.723. The Hall–Kier alpha value is -1.72. The third-order valence-corrected chi connectivity index (χ3v) is 4.09. The standard InChI is InChI=1S/C17H17BrFNO2/c1-11(16(21)9-12-5-3-2-4-6-12)20-17(22)14-10-13(19)7-8-15(14)18/h2-8,10-11,16,21H,9H2,1H3,(H,20,22)/t11-,16-/m0/s1. The van der Waals surface area contributed by atoms with Gasteiger partial charge in [0.15, 0.2) is 0 Å². The summed E-state index contributed by atoms with van der Waals surface area (Å²) in [6.45, 7) is 1.72. The fraction of sp³-hybridized carbons (Fsp3) is 0.235. The van der Waals surface area contributed by atoms with Gasteiger partial charge in [0.2, 0.25) is 0 Å². The number of carbonyl (C=O) groups excluding carboxylic acids is 1. The predicted molar refractivity (Wildman–Crippen MR) is 87.2 cm³/mol. The lowest BCUT2D eigenvalue weighted by atomic mass is 10.0. The molecule has 0 saturated carbocycles. The summed E-state index contributed by atoms with van der Waals surface area (Å²) in [6.07, 6.45) is -0.286. The molecule has 3 nitrogen and oxygen atoms in total. The van der Waals surface area contributed by atoms with Crippen molar-refractivity contribution in [2.24, 2.45) is 0 Å². The minimum absolute atomic E-state index is 0.207. The van der Waals surface area contributed by atoms with Gasteiger partial charge < -0.3 is 10.4 Å². The molecule has 0 aliphatic rings. The molecule has 2 aromatic rings. The van der Waals surface area contributed by atoms with Gasteiger partial charge in [0.25, 0.3) is 5.91 Å². The van der Waals surface area contributed by atoms with Gasteiger partial charge in [0.1, 0.15) is 5.82 Å². The van der Waals surface area contributed by atoms with Crippen molar-refractivity contribution in [1.82, 2.24) is 5.32 Å². The molecule has 0 heterocycles. The number of carbonyl (C=O) groups is 1. The molecule has 0 radical (unpaired) electrons. The molecule has 0 bridgehead atoms. The van der Waals surface area contributed by atoms with Crippen LogP contribution < -0.4 is 5.32 Å². The highest BCUT2D eigenvalue weighted by atomic mass is 79.9. The average molecular weight is 366 g/mol. The van der Waals surface area contributed by atoms with E-state index in [1.807, 2.05) is 30.3 Å². The zero-order valence-electron chi connectivity index (χ0n) is 12.1. The van der Waals surface area contributed by atoms with Gasteiger partial charge in [-0.15, -0.1) is 0 Å². The second-order valence-electron chi connectivity index (χ2n) is 5.14. The number of nitrogens with one attached hydrogen (secondary N) is 1. The van der Waals surface area contributed by atoms with Crippen LogP contribution in [0.3, 0.4) is 0 Å². The summed E-state index contributed by atoms with van der Waals surface area (Å²) in [4.78, 5) is 12.2. The molecule has 2 N–H and O–H groups in total. The van der Waals surface area contributed by atoms with E-state index in [0.717, 1.165) is 11.6 Å². The average Bonchev–Trinajstić information content (AvgIpc) is 2.50. The Morgan fingerprint density at radius 2 is 1.95 bits per heavy atom. The molecule has 0 fully saturated rings. The van der Waals surface area contributed by atoms with E-state index in [1.54, 1.807) is 6.92 Å². The predicted octanol–water partition coefficient (Wildman–Crippen LogP) is 3.31. The number of amides is 1. The molecule has 0 saturated heterocycles. The Morgan fingerprint density at radius 3 is 2.64 bits per heavy atom. The summed E-state index contributed by atoms with van der Waals surface area (Å²) < 4.78 is 13.8. The van der Waals surface area contributed by atoms with Gasteiger partial charge in [0, 0.05) is 10.9 Å². The maximum atomic E-state index is 13.2. The molecule has 2 atom stereocenters. The first-order valence-corrected chi connectivity index (χ1v) is 7.74. The Kier molecular flexibility index (Phi) is 5.69. The van der Waals surface area contributed by atoms with Gasteiger partial charge >= 0.3 is 0 Å². The van der Waals surface area contributed by atoms with Crippen LogP contribution in [0.5, 0.6) is 0 Å². The minimum Gasteiger partial charge on any atom is -0.391 e. The van der Waals surface area contributed by atoms with Crippen LogP contribution in [-0.2, 0) is 6.42 Å². The molecule has 2 aromatic carbocycles.